The Morgan fingerprint density at radius 1 is 1.08 bits per heavy atom. The summed E-state index contributed by atoms with van der Waals surface area (Å²) in [7, 11) is 0. The van der Waals surface area contributed by atoms with Crippen molar-refractivity contribution in [1.29, 1.82) is 0 Å². The fraction of sp³-hybridized carbons (Fsp3) is 0.158. The predicted octanol–water partition coefficient (Wildman–Crippen LogP) is 3.89. The minimum Gasteiger partial charge on any atom is -0.502 e. The standard InChI is InChI=1S/C19H16ClNO4/c1-3-25-14-8-5-12(6-9-14)16-17(22)19(24)21(18(16)23)13-7-4-11(2)15(20)10-13/h4-10,22H,3H2,1-2H3. The van der Waals surface area contributed by atoms with Crippen molar-refractivity contribution in [3.63, 3.8) is 0 Å². The lowest BCUT2D eigenvalue weighted by Crippen LogP contribution is -2.31. The molecule has 0 atom stereocenters. The zero-order valence-electron chi connectivity index (χ0n) is 13.7. The summed E-state index contributed by atoms with van der Waals surface area (Å²) in [5, 5.41) is 10.7. The van der Waals surface area contributed by atoms with Gasteiger partial charge in [-0.1, -0.05) is 29.8 Å². The van der Waals surface area contributed by atoms with E-state index >= 15 is 0 Å². The minimum absolute atomic E-state index is 0.0373. The summed E-state index contributed by atoms with van der Waals surface area (Å²) in [6, 6.07) is 11.5. The average Bonchev–Trinajstić information content (AvgIpc) is 2.81. The van der Waals surface area contributed by atoms with Gasteiger partial charge in [0.05, 0.1) is 17.9 Å². The maximum Gasteiger partial charge on any atom is 0.301 e. The van der Waals surface area contributed by atoms with E-state index in [0.717, 1.165) is 10.5 Å². The number of aryl methyl sites for hydroxylation is 1. The number of hydrogen-bond donors (Lipinski definition) is 1. The molecule has 2 aromatic rings. The van der Waals surface area contributed by atoms with Crippen molar-refractivity contribution in [2.45, 2.75) is 13.8 Å². The van der Waals surface area contributed by atoms with E-state index in [1.54, 1.807) is 36.4 Å². The third-order valence-electron chi connectivity index (χ3n) is 3.93. The van der Waals surface area contributed by atoms with Crippen LogP contribution in [0.1, 0.15) is 18.1 Å². The van der Waals surface area contributed by atoms with Gasteiger partial charge in [-0.15, -0.1) is 0 Å². The Bertz CT molecular complexity index is 887. The molecule has 25 heavy (non-hydrogen) atoms. The number of carbonyl (C=O) groups excluding carboxylic acids is 2. The number of carbonyl (C=O) groups is 2. The first-order valence-corrected chi connectivity index (χ1v) is 8.13. The van der Waals surface area contributed by atoms with Crippen LogP contribution in [0.5, 0.6) is 5.75 Å². The summed E-state index contributed by atoms with van der Waals surface area (Å²) in [6.45, 7) is 4.21. The van der Waals surface area contributed by atoms with Gasteiger partial charge in [0.2, 0.25) is 0 Å². The molecule has 0 bridgehead atoms. The molecule has 1 heterocycles. The van der Waals surface area contributed by atoms with Crippen LogP contribution >= 0.6 is 11.6 Å². The summed E-state index contributed by atoms with van der Waals surface area (Å²) in [4.78, 5) is 26.1. The topological polar surface area (TPSA) is 66.8 Å². The number of nitrogens with zero attached hydrogens (tertiary/aromatic N) is 1. The Morgan fingerprint density at radius 3 is 2.36 bits per heavy atom. The molecule has 2 aromatic carbocycles. The molecule has 0 unspecified atom stereocenters. The minimum atomic E-state index is -0.770. The molecule has 0 aliphatic carbocycles. The van der Waals surface area contributed by atoms with Crippen LogP contribution < -0.4 is 9.64 Å². The molecular weight excluding hydrogens is 342 g/mol. The Labute approximate surface area is 150 Å². The van der Waals surface area contributed by atoms with Gasteiger partial charge in [0.25, 0.3) is 5.91 Å². The number of amides is 2. The van der Waals surface area contributed by atoms with E-state index in [9.17, 15) is 14.7 Å². The van der Waals surface area contributed by atoms with Crippen LogP contribution in [0, 0.1) is 6.92 Å². The van der Waals surface area contributed by atoms with Gasteiger partial charge < -0.3 is 9.84 Å². The SMILES string of the molecule is CCOc1ccc(C2=C(O)C(=O)N(c3ccc(C)c(Cl)c3)C2=O)cc1. The molecule has 2 amide bonds. The first-order valence-electron chi connectivity index (χ1n) is 7.75. The van der Waals surface area contributed by atoms with Gasteiger partial charge in [-0.2, -0.15) is 0 Å². The van der Waals surface area contributed by atoms with E-state index in [-0.39, 0.29) is 5.57 Å². The molecule has 1 N–H and O–H groups in total. The highest BCUT2D eigenvalue weighted by Crippen LogP contribution is 2.34. The van der Waals surface area contributed by atoms with Crippen molar-refractivity contribution in [2.75, 3.05) is 11.5 Å². The molecule has 0 aromatic heterocycles. The number of hydrogen-bond acceptors (Lipinski definition) is 4. The molecule has 1 aliphatic heterocycles. The molecule has 6 heteroatoms. The van der Waals surface area contributed by atoms with Crippen LogP contribution in [-0.4, -0.2) is 23.5 Å². The smallest absolute Gasteiger partial charge is 0.301 e. The molecule has 0 saturated carbocycles. The van der Waals surface area contributed by atoms with Crippen molar-refractivity contribution in [3.05, 3.63) is 64.4 Å². The average molecular weight is 358 g/mol. The first kappa shape index (κ1) is 17.0. The maximum atomic E-state index is 12.7. The summed E-state index contributed by atoms with van der Waals surface area (Å²) in [5.41, 5.74) is 1.55. The second kappa shape index (κ2) is 6.61. The van der Waals surface area contributed by atoms with Crippen molar-refractivity contribution in [3.8, 4) is 5.75 Å². The number of benzene rings is 2. The zero-order chi connectivity index (χ0) is 18.1. The van der Waals surface area contributed by atoms with Gasteiger partial charge in [-0.3, -0.25) is 9.59 Å². The lowest BCUT2D eigenvalue weighted by molar-refractivity contribution is -0.121. The monoisotopic (exact) mass is 357 g/mol. The number of ether oxygens (including phenoxy) is 1. The van der Waals surface area contributed by atoms with Crippen molar-refractivity contribution >= 4 is 34.7 Å². The molecule has 0 saturated heterocycles. The van der Waals surface area contributed by atoms with E-state index in [4.69, 9.17) is 16.3 Å². The van der Waals surface area contributed by atoms with Gasteiger partial charge in [0.15, 0.2) is 5.76 Å². The van der Waals surface area contributed by atoms with Crippen LogP contribution in [0.15, 0.2) is 48.2 Å². The van der Waals surface area contributed by atoms with Crippen LogP contribution in [0.4, 0.5) is 5.69 Å². The molecule has 5 nitrogen and oxygen atoms in total. The second-order valence-corrected chi connectivity index (χ2v) is 5.97. The predicted molar refractivity (Wildman–Crippen MR) is 95.8 cm³/mol. The molecule has 0 spiro atoms. The normalized spacial score (nSPS) is 14.4. The molecule has 1 aliphatic rings. The van der Waals surface area contributed by atoms with E-state index in [2.05, 4.69) is 0 Å². The molecule has 128 valence electrons. The lowest BCUT2D eigenvalue weighted by atomic mass is 10.1. The van der Waals surface area contributed by atoms with Gasteiger partial charge in [0.1, 0.15) is 5.75 Å². The number of aliphatic hydroxyl groups excluding tert-OH is 1. The summed E-state index contributed by atoms with van der Waals surface area (Å²) >= 11 is 6.09. The van der Waals surface area contributed by atoms with Crippen molar-refractivity contribution in [2.24, 2.45) is 0 Å². The highest BCUT2D eigenvalue weighted by atomic mass is 35.5. The van der Waals surface area contributed by atoms with E-state index in [1.165, 1.54) is 6.07 Å². The molecular formula is C19H16ClNO4. The fourth-order valence-electron chi connectivity index (χ4n) is 2.62. The van der Waals surface area contributed by atoms with Crippen molar-refractivity contribution in [1.82, 2.24) is 0 Å². The van der Waals surface area contributed by atoms with E-state index in [1.807, 2.05) is 13.8 Å². The number of halogens is 1. The maximum absolute atomic E-state index is 12.7. The highest BCUT2D eigenvalue weighted by Gasteiger charge is 2.40. The lowest BCUT2D eigenvalue weighted by Gasteiger charge is -2.15. The molecule has 0 radical (unpaired) electrons. The second-order valence-electron chi connectivity index (χ2n) is 5.56. The third kappa shape index (κ3) is 2.98. The molecule has 0 fully saturated rings. The Morgan fingerprint density at radius 2 is 1.76 bits per heavy atom. The number of anilines is 1. The molecule has 3 rings (SSSR count). The van der Waals surface area contributed by atoms with Crippen LogP contribution in [0.3, 0.4) is 0 Å². The van der Waals surface area contributed by atoms with Gasteiger partial charge >= 0.3 is 5.91 Å². The van der Waals surface area contributed by atoms with Gasteiger partial charge in [0, 0.05) is 5.02 Å². The zero-order valence-corrected chi connectivity index (χ0v) is 14.5. The van der Waals surface area contributed by atoms with Crippen molar-refractivity contribution < 1.29 is 19.4 Å². The highest BCUT2D eigenvalue weighted by molar-refractivity contribution is 6.45. The number of imide groups is 1. The first-order chi connectivity index (χ1) is 11.9. The number of rotatable bonds is 4. The quantitative estimate of drug-likeness (QED) is 0.843. The largest absolute Gasteiger partial charge is 0.502 e. The van der Waals surface area contributed by atoms with E-state index in [0.29, 0.717) is 28.6 Å². The Kier molecular flexibility index (Phi) is 4.51. The van der Waals surface area contributed by atoms with Gasteiger partial charge in [-0.05, 0) is 49.2 Å². The summed E-state index contributed by atoms with van der Waals surface area (Å²) in [5.74, 6) is -1.29. The Balaban J connectivity index is 1.97. The van der Waals surface area contributed by atoms with Crippen LogP contribution in [0.2, 0.25) is 5.02 Å². The summed E-state index contributed by atoms with van der Waals surface area (Å²) in [6.07, 6.45) is 0. The van der Waals surface area contributed by atoms with E-state index < -0.39 is 17.6 Å². The fourth-order valence-corrected chi connectivity index (χ4v) is 2.79. The van der Waals surface area contributed by atoms with Crippen LogP contribution in [-0.2, 0) is 9.59 Å². The number of aliphatic hydroxyl groups is 1. The van der Waals surface area contributed by atoms with Crippen LogP contribution in [0.25, 0.3) is 5.57 Å². The van der Waals surface area contributed by atoms with Gasteiger partial charge in [-0.25, -0.2) is 4.90 Å². The summed E-state index contributed by atoms with van der Waals surface area (Å²) < 4.78 is 5.36. The third-order valence-corrected chi connectivity index (χ3v) is 4.33. The Hall–Kier alpha value is -2.79.